The van der Waals surface area contributed by atoms with E-state index in [-0.39, 0.29) is 5.69 Å². The Morgan fingerprint density at radius 1 is 1.07 bits per heavy atom. The van der Waals surface area contributed by atoms with Crippen molar-refractivity contribution >= 4 is 23.8 Å². The summed E-state index contributed by atoms with van der Waals surface area (Å²) in [4.78, 5) is 36.2. The molecule has 1 atom stereocenters. The Bertz CT molecular complexity index is 729. The summed E-state index contributed by atoms with van der Waals surface area (Å²) in [7, 11) is 1.28. The molecule has 2 amide bonds. The molecule has 0 spiro atoms. The average Bonchev–Trinajstić information content (AvgIpc) is 2.58. The van der Waals surface area contributed by atoms with Crippen LogP contribution in [-0.4, -0.2) is 43.6 Å². The highest BCUT2D eigenvalue weighted by molar-refractivity contribution is 5.87. The van der Waals surface area contributed by atoms with Gasteiger partial charge in [-0.3, -0.25) is 4.90 Å². The van der Waals surface area contributed by atoms with Gasteiger partial charge in [0.05, 0.1) is 5.56 Å². The lowest BCUT2D eigenvalue weighted by molar-refractivity contribution is -0.153. The second-order valence-electron chi connectivity index (χ2n) is 6.96. The Kier molecular flexibility index (Phi) is 7.87. The first kappa shape index (κ1) is 24.1. The number of hydrogen-bond acceptors (Lipinski definition) is 6. The number of halogens is 3. The Hall–Kier alpha value is -2.98. The van der Waals surface area contributed by atoms with Crippen LogP contribution in [0.2, 0.25) is 0 Å². The molecule has 1 aromatic rings. The molecule has 0 aliphatic rings. The Morgan fingerprint density at radius 3 is 2.10 bits per heavy atom. The smallest absolute Gasteiger partial charge is 0.416 e. The number of hydrogen-bond donors (Lipinski definition) is 1. The monoisotopic (exact) mass is 420 g/mol. The largest absolute Gasteiger partial charge is 0.444 e. The quantitative estimate of drug-likeness (QED) is 0.577. The molecule has 11 heteroatoms. The van der Waals surface area contributed by atoms with Gasteiger partial charge in [0.2, 0.25) is 6.79 Å². The fourth-order valence-corrected chi connectivity index (χ4v) is 1.88. The number of nitrogens with one attached hydrogen (secondary N) is 1. The molecule has 0 unspecified atom stereocenters. The van der Waals surface area contributed by atoms with Gasteiger partial charge in [-0.1, -0.05) is 0 Å². The third kappa shape index (κ3) is 8.28. The van der Waals surface area contributed by atoms with Crippen molar-refractivity contribution < 1.29 is 41.8 Å². The summed E-state index contributed by atoms with van der Waals surface area (Å²) in [6.45, 7) is 5.57. The predicted octanol–water partition coefficient (Wildman–Crippen LogP) is 3.69. The molecule has 1 aromatic carbocycles. The Morgan fingerprint density at radius 2 is 1.62 bits per heavy atom. The van der Waals surface area contributed by atoms with Gasteiger partial charge in [-0.25, -0.2) is 14.4 Å². The zero-order valence-electron chi connectivity index (χ0n) is 16.6. The fourth-order valence-electron chi connectivity index (χ4n) is 1.88. The Labute approximate surface area is 165 Å². The molecule has 0 aliphatic carbocycles. The van der Waals surface area contributed by atoms with E-state index in [0.29, 0.717) is 0 Å². The summed E-state index contributed by atoms with van der Waals surface area (Å²) in [6, 6.07) is 2.79. The maximum atomic E-state index is 12.6. The van der Waals surface area contributed by atoms with Gasteiger partial charge in [-0.2, -0.15) is 13.2 Å². The number of amides is 2. The highest BCUT2D eigenvalue weighted by Gasteiger charge is 2.30. The molecule has 0 bridgehead atoms. The van der Waals surface area contributed by atoms with Crippen molar-refractivity contribution in [2.75, 3.05) is 18.7 Å². The van der Waals surface area contributed by atoms with Crippen LogP contribution in [0.5, 0.6) is 0 Å². The van der Waals surface area contributed by atoms with Gasteiger partial charge >= 0.3 is 24.3 Å². The van der Waals surface area contributed by atoms with Crippen molar-refractivity contribution in [3.8, 4) is 0 Å². The molecule has 0 fully saturated rings. The van der Waals surface area contributed by atoms with Gasteiger partial charge in [-0.05, 0) is 52.0 Å². The molecule has 0 saturated heterocycles. The second-order valence-corrected chi connectivity index (χ2v) is 6.96. The first-order chi connectivity index (χ1) is 13.2. The lowest BCUT2D eigenvalue weighted by Gasteiger charge is -2.21. The van der Waals surface area contributed by atoms with Crippen LogP contribution in [0.1, 0.15) is 33.3 Å². The molecule has 1 N–H and O–H groups in total. The summed E-state index contributed by atoms with van der Waals surface area (Å²) >= 11 is 0. The average molecular weight is 420 g/mol. The van der Waals surface area contributed by atoms with Gasteiger partial charge in [0, 0.05) is 12.7 Å². The van der Waals surface area contributed by atoms with Crippen LogP contribution in [0.15, 0.2) is 24.3 Å². The fraction of sp³-hybridized carbons (Fsp3) is 0.500. The SMILES string of the molecule is C[C@H](NC(=O)OC(C)(C)C)C(=O)OCOC(=O)N(C)c1ccc(C(F)(F)F)cc1. The van der Waals surface area contributed by atoms with Crippen molar-refractivity contribution in [1.29, 1.82) is 0 Å². The molecule has 1 rings (SSSR count). The molecule has 0 radical (unpaired) electrons. The van der Waals surface area contributed by atoms with E-state index in [1.54, 1.807) is 20.8 Å². The number of rotatable bonds is 5. The summed E-state index contributed by atoms with van der Waals surface area (Å²) in [5.74, 6) is -0.874. The lowest BCUT2D eigenvalue weighted by Crippen LogP contribution is -2.42. The predicted molar refractivity (Wildman–Crippen MR) is 96.1 cm³/mol. The van der Waals surface area contributed by atoms with Gasteiger partial charge in [0.1, 0.15) is 11.6 Å². The number of anilines is 1. The van der Waals surface area contributed by atoms with E-state index in [0.717, 1.165) is 29.2 Å². The summed E-state index contributed by atoms with van der Waals surface area (Å²) in [5.41, 5.74) is -1.45. The number of esters is 1. The van der Waals surface area contributed by atoms with Crippen LogP contribution in [0.4, 0.5) is 28.4 Å². The van der Waals surface area contributed by atoms with Crippen molar-refractivity contribution in [2.45, 2.75) is 45.5 Å². The summed E-state index contributed by atoms with van der Waals surface area (Å²) in [5, 5.41) is 2.26. The molecule has 0 aromatic heterocycles. The topological polar surface area (TPSA) is 94.2 Å². The minimum atomic E-state index is -4.49. The van der Waals surface area contributed by atoms with Crippen LogP contribution in [0, 0.1) is 0 Å². The van der Waals surface area contributed by atoms with Crippen LogP contribution in [0.3, 0.4) is 0 Å². The Balaban J connectivity index is 2.47. The maximum absolute atomic E-state index is 12.6. The summed E-state index contributed by atoms with van der Waals surface area (Å²) in [6.07, 6.45) is -6.26. The first-order valence-electron chi connectivity index (χ1n) is 8.44. The minimum absolute atomic E-state index is 0.147. The van der Waals surface area contributed by atoms with Gasteiger partial charge < -0.3 is 19.5 Å². The zero-order chi connectivity index (χ0) is 22.4. The summed E-state index contributed by atoms with van der Waals surface area (Å²) < 4.78 is 52.1. The van der Waals surface area contributed by atoms with Gasteiger partial charge in [0.25, 0.3) is 0 Å². The van der Waals surface area contributed by atoms with Gasteiger partial charge in [-0.15, -0.1) is 0 Å². The highest BCUT2D eigenvalue weighted by Crippen LogP contribution is 2.30. The normalized spacial score (nSPS) is 12.6. The molecule has 8 nitrogen and oxygen atoms in total. The molecule has 162 valence electrons. The maximum Gasteiger partial charge on any atom is 0.416 e. The second kappa shape index (κ2) is 9.48. The van der Waals surface area contributed by atoms with E-state index >= 15 is 0 Å². The van der Waals surface area contributed by atoms with E-state index in [2.05, 4.69) is 5.32 Å². The third-order valence-electron chi connectivity index (χ3n) is 3.33. The number of carbonyl (C=O) groups is 3. The molecular weight excluding hydrogens is 397 g/mol. The molecule has 0 heterocycles. The number of alkyl carbamates (subject to hydrolysis) is 1. The van der Waals surface area contributed by atoms with E-state index in [1.165, 1.54) is 14.0 Å². The number of ether oxygens (including phenoxy) is 3. The van der Waals surface area contributed by atoms with Crippen molar-refractivity contribution in [2.24, 2.45) is 0 Å². The van der Waals surface area contributed by atoms with E-state index in [4.69, 9.17) is 14.2 Å². The number of benzene rings is 1. The molecule has 29 heavy (non-hydrogen) atoms. The van der Waals surface area contributed by atoms with Crippen LogP contribution < -0.4 is 10.2 Å². The highest BCUT2D eigenvalue weighted by atomic mass is 19.4. The van der Waals surface area contributed by atoms with Gasteiger partial charge in [0.15, 0.2) is 0 Å². The minimum Gasteiger partial charge on any atom is -0.444 e. The lowest BCUT2D eigenvalue weighted by atomic mass is 10.2. The van der Waals surface area contributed by atoms with Crippen LogP contribution in [0.25, 0.3) is 0 Å². The standard InChI is InChI=1S/C18H23F3N2O6/c1-11(22-15(25)29-17(2,3)4)14(24)27-10-28-16(26)23(5)13-8-6-12(7-9-13)18(19,20)21/h6-9,11H,10H2,1-5H3,(H,22,25)/t11-/m0/s1. The van der Waals surface area contributed by atoms with Crippen molar-refractivity contribution in [1.82, 2.24) is 5.32 Å². The number of carbonyl (C=O) groups excluding carboxylic acids is 3. The number of nitrogens with zero attached hydrogens (tertiary/aromatic N) is 1. The molecule has 0 saturated carbocycles. The van der Waals surface area contributed by atoms with E-state index in [1.807, 2.05) is 0 Å². The molecular formula is C18H23F3N2O6. The molecule has 0 aliphatic heterocycles. The van der Waals surface area contributed by atoms with Crippen LogP contribution >= 0.6 is 0 Å². The van der Waals surface area contributed by atoms with E-state index < -0.39 is 48.3 Å². The third-order valence-corrected chi connectivity index (χ3v) is 3.33. The van der Waals surface area contributed by atoms with Crippen molar-refractivity contribution in [3.63, 3.8) is 0 Å². The zero-order valence-corrected chi connectivity index (χ0v) is 16.6. The first-order valence-corrected chi connectivity index (χ1v) is 8.44. The van der Waals surface area contributed by atoms with Crippen molar-refractivity contribution in [3.05, 3.63) is 29.8 Å². The van der Waals surface area contributed by atoms with E-state index in [9.17, 15) is 27.6 Å². The van der Waals surface area contributed by atoms with Crippen LogP contribution in [-0.2, 0) is 25.2 Å². The number of alkyl halides is 3.